The van der Waals surface area contributed by atoms with Crippen LogP contribution in [0.2, 0.25) is 0 Å². The highest BCUT2D eigenvalue weighted by atomic mass is 16.1. The monoisotopic (exact) mass is 175 g/mol. The van der Waals surface area contributed by atoms with Crippen molar-refractivity contribution in [3.63, 3.8) is 0 Å². The lowest BCUT2D eigenvalue weighted by Crippen LogP contribution is -2.00. The normalized spacial score (nSPS) is 11.3. The summed E-state index contributed by atoms with van der Waals surface area (Å²) >= 11 is 0. The van der Waals surface area contributed by atoms with Crippen LogP contribution in [-0.2, 0) is 4.79 Å². The number of carbonyl (C=O) groups is 1. The maximum absolute atomic E-state index is 11.4. The fraction of sp³-hybridized carbons (Fsp3) is 0.273. The molecule has 0 rings (SSSR count). The highest BCUT2D eigenvalue weighted by molar-refractivity contribution is 6.07. The zero-order valence-corrected chi connectivity index (χ0v) is 8.00. The van der Waals surface area contributed by atoms with Gasteiger partial charge in [-0.1, -0.05) is 25.7 Å². The average Bonchev–Trinajstić information content (AvgIpc) is 2.13. The number of allylic oxidation sites excluding steroid dienone is 5. The number of rotatable bonds is 4. The topological polar surface area (TPSA) is 40.9 Å². The van der Waals surface area contributed by atoms with E-state index in [9.17, 15) is 4.79 Å². The fourth-order valence-electron chi connectivity index (χ4n) is 0.878. The van der Waals surface area contributed by atoms with Gasteiger partial charge in [-0.3, -0.25) is 4.79 Å². The number of nitrogens with zero attached hydrogens (tertiary/aromatic N) is 1. The maximum Gasteiger partial charge on any atom is 0.186 e. The summed E-state index contributed by atoms with van der Waals surface area (Å²) in [5, 5.41) is 8.58. The van der Waals surface area contributed by atoms with Crippen LogP contribution in [0.15, 0.2) is 36.0 Å². The van der Waals surface area contributed by atoms with E-state index in [-0.39, 0.29) is 11.4 Å². The van der Waals surface area contributed by atoms with Crippen LogP contribution in [0.3, 0.4) is 0 Å². The van der Waals surface area contributed by atoms with Gasteiger partial charge in [0.2, 0.25) is 0 Å². The summed E-state index contributed by atoms with van der Waals surface area (Å²) < 4.78 is 0. The van der Waals surface area contributed by atoms with Gasteiger partial charge in [-0.05, 0) is 19.4 Å². The summed E-state index contributed by atoms with van der Waals surface area (Å²) in [4.78, 5) is 11.4. The Bertz CT molecular complexity index is 303. The van der Waals surface area contributed by atoms with Gasteiger partial charge in [0.25, 0.3) is 0 Å². The Morgan fingerprint density at radius 1 is 1.62 bits per heavy atom. The summed E-state index contributed by atoms with van der Waals surface area (Å²) in [6, 6.07) is 1.87. The number of nitriles is 1. The molecule has 0 N–H and O–H groups in total. The lowest BCUT2D eigenvalue weighted by atomic mass is 10.0. The summed E-state index contributed by atoms with van der Waals surface area (Å²) in [7, 11) is 0. The molecule has 68 valence electrons. The molecule has 0 aliphatic heterocycles. The van der Waals surface area contributed by atoms with Gasteiger partial charge < -0.3 is 0 Å². The van der Waals surface area contributed by atoms with Crippen LogP contribution >= 0.6 is 0 Å². The lowest BCUT2D eigenvalue weighted by Gasteiger charge is -1.98. The molecule has 2 nitrogen and oxygen atoms in total. The Kier molecular flexibility index (Phi) is 5.22. The van der Waals surface area contributed by atoms with Gasteiger partial charge in [-0.15, -0.1) is 0 Å². The lowest BCUT2D eigenvalue weighted by molar-refractivity contribution is -0.111. The van der Waals surface area contributed by atoms with E-state index in [0.717, 1.165) is 6.42 Å². The quantitative estimate of drug-likeness (QED) is 0.374. The summed E-state index contributed by atoms with van der Waals surface area (Å²) in [6.45, 7) is 7.18. The molecule has 0 aliphatic carbocycles. The van der Waals surface area contributed by atoms with E-state index in [2.05, 4.69) is 6.58 Å². The van der Waals surface area contributed by atoms with Crippen molar-refractivity contribution in [3.05, 3.63) is 36.0 Å². The Morgan fingerprint density at radius 3 is 2.62 bits per heavy atom. The average molecular weight is 175 g/mol. The van der Waals surface area contributed by atoms with Gasteiger partial charge >= 0.3 is 0 Å². The minimum absolute atomic E-state index is 0.157. The van der Waals surface area contributed by atoms with Crippen LogP contribution in [0.5, 0.6) is 0 Å². The smallest absolute Gasteiger partial charge is 0.186 e. The third kappa shape index (κ3) is 3.53. The largest absolute Gasteiger partial charge is 0.289 e. The first-order chi connectivity index (χ1) is 6.17. The molecule has 13 heavy (non-hydrogen) atoms. The second-order valence-corrected chi connectivity index (χ2v) is 2.48. The summed E-state index contributed by atoms with van der Waals surface area (Å²) in [5.41, 5.74) is 0.632. The van der Waals surface area contributed by atoms with Crippen molar-refractivity contribution in [1.82, 2.24) is 0 Å². The first kappa shape index (κ1) is 11.4. The van der Waals surface area contributed by atoms with Gasteiger partial charge in [0.1, 0.15) is 0 Å². The van der Waals surface area contributed by atoms with E-state index in [4.69, 9.17) is 5.26 Å². The van der Waals surface area contributed by atoms with Crippen LogP contribution in [-0.4, -0.2) is 5.78 Å². The van der Waals surface area contributed by atoms with Gasteiger partial charge in [-0.25, -0.2) is 0 Å². The molecule has 0 amide bonds. The number of hydrogen-bond donors (Lipinski definition) is 0. The third-order valence-electron chi connectivity index (χ3n) is 1.45. The SMILES string of the molecule is C=C(C#N)/C(=C\CC)C(=O)/C=C/C. The van der Waals surface area contributed by atoms with Crippen molar-refractivity contribution in [3.8, 4) is 6.07 Å². The minimum Gasteiger partial charge on any atom is -0.289 e. The van der Waals surface area contributed by atoms with Gasteiger partial charge in [0.15, 0.2) is 5.78 Å². The van der Waals surface area contributed by atoms with Crippen LogP contribution in [0, 0.1) is 11.3 Å². The van der Waals surface area contributed by atoms with Crippen LogP contribution in [0.1, 0.15) is 20.3 Å². The van der Waals surface area contributed by atoms with E-state index in [1.807, 2.05) is 13.0 Å². The molecule has 0 aromatic heterocycles. The van der Waals surface area contributed by atoms with Crippen LogP contribution < -0.4 is 0 Å². The van der Waals surface area contributed by atoms with Crippen LogP contribution in [0.25, 0.3) is 0 Å². The van der Waals surface area contributed by atoms with Gasteiger partial charge in [0.05, 0.1) is 11.6 Å². The third-order valence-corrected chi connectivity index (χ3v) is 1.45. The van der Waals surface area contributed by atoms with Gasteiger partial charge in [0, 0.05) is 5.57 Å². The highest BCUT2D eigenvalue weighted by Gasteiger charge is 2.08. The van der Waals surface area contributed by atoms with Crippen molar-refractivity contribution < 1.29 is 4.79 Å². The minimum atomic E-state index is -0.157. The Morgan fingerprint density at radius 2 is 2.23 bits per heavy atom. The second-order valence-electron chi connectivity index (χ2n) is 2.48. The molecule has 0 saturated heterocycles. The van der Waals surface area contributed by atoms with Crippen molar-refractivity contribution >= 4 is 5.78 Å². The van der Waals surface area contributed by atoms with E-state index >= 15 is 0 Å². The molecule has 0 spiro atoms. The van der Waals surface area contributed by atoms with Crippen LogP contribution in [0.4, 0.5) is 0 Å². The van der Waals surface area contributed by atoms with Crippen molar-refractivity contribution in [2.45, 2.75) is 20.3 Å². The number of hydrogen-bond acceptors (Lipinski definition) is 2. The standard InChI is InChI=1S/C11H13NO/c1-4-6-10(9(3)8-12)11(13)7-5-2/h5-7H,3-4H2,1-2H3/b7-5+,10-6+. The Hall–Kier alpha value is -1.62. The van der Waals surface area contributed by atoms with Crippen molar-refractivity contribution in [2.75, 3.05) is 0 Å². The van der Waals surface area contributed by atoms with E-state index in [1.165, 1.54) is 6.08 Å². The summed E-state index contributed by atoms with van der Waals surface area (Å²) in [6.07, 6.45) is 5.52. The molecular formula is C11H13NO. The van der Waals surface area contributed by atoms with E-state index < -0.39 is 0 Å². The van der Waals surface area contributed by atoms with Crippen molar-refractivity contribution in [2.24, 2.45) is 0 Å². The molecule has 0 aliphatic rings. The zero-order valence-electron chi connectivity index (χ0n) is 8.00. The predicted molar refractivity (Wildman–Crippen MR) is 52.9 cm³/mol. The molecule has 0 unspecified atom stereocenters. The van der Waals surface area contributed by atoms with E-state index in [1.54, 1.807) is 19.1 Å². The molecule has 2 heteroatoms. The molecule has 0 fully saturated rings. The van der Waals surface area contributed by atoms with E-state index in [0.29, 0.717) is 5.57 Å². The molecule has 0 aromatic carbocycles. The Labute approximate surface area is 78.9 Å². The maximum atomic E-state index is 11.4. The molecule has 0 aromatic rings. The first-order valence-electron chi connectivity index (χ1n) is 4.13. The predicted octanol–water partition coefficient (Wildman–Crippen LogP) is 2.55. The van der Waals surface area contributed by atoms with Gasteiger partial charge in [-0.2, -0.15) is 5.26 Å². The number of carbonyl (C=O) groups excluding carboxylic acids is 1. The number of ketones is 1. The molecular weight excluding hydrogens is 162 g/mol. The molecule has 0 bridgehead atoms. The Balaban J connectivity index is 4.85. The summed E-state index contributed by atoms with van der Waals surface area (Å²) in [5.74, 6) is -0.157. The molecule has 0 atom stereocenters. The zero-order chi connectivity index (χ0) is 10.3. The molecule has 0 saturated carbocycles. The second kappa shape index (κ2) is 5.96. The molecule has 0 heterocycles. The van der Waals surface area contributed by atoms with Crippen molar-refractivity contribution in [1.29, 1.82) is 5.26 Å². The fourth-order valence-corrected chi connectivity index (χ4v) is 0.878. The molecule has 0 radical (unpaired) electrons. The first-order valence-corrected chi connectivity index (χ1v) is 4.13. The highest BCUT2D eigenvalue weighted by Crippen LogP contribution is 2.09.